The highest BCUT2D eigenvalue weighted by molar-refractivity contribution is 6.36. The summed E-state index contributed by atoms with van der Waals surface area (Å²) in [6, 6.07) is 19.9. The number of nitrogens with one attached hydrogen (secondary N) is 1. The smallest absolute Gasteiger partial charge is 0.345 e. The summed E-state index contributed by atoms with van der Waals surface area (Å²) in [7, 11) is 0. The summed E-state index contributed by atoms with van der Waals surface area (Å²) in [6.07, 6.45) is 1.49. The van der Waals surface area contributed by atoms with Gasteiger partial charge in [-0.05, 0) is 60.2 Å². The summed E-state index contributed by atoms with van der Waals surface area (Å²) in [4.78, 5) is 24.1. The molecule has 1 N–H and O–H groups in total. The predicted octanol–water partition coefficient (Wildman–Crippen LogP) is 4.98. The van der Waals surface area contributed by atoms with Gasteiger partial charge in [-0.25, -0.2) is 10.2 Å². The second-order valence-corrected chi connectivity index (χ2v) is 6.49. The molecule has 3 rings (SSSR count). The average molecular weight is 413 g/mol. The van der Waals surface area contributed by atoms with E-state index in [1.54, 1.807) is 54.6 Å². The van der Waals surface area contributed by atoms with Crippen molar-refractivity contribution in [2.45, 2.75) is 0 Å². The summed E-state index contributed by atoms with van der Waals surface area (Å²) in [6.45, 7) is 0. The molecule has 140 valence electrons. The van der Waals surface area contributed by atoms with Crippen LogP contribution in [-0.2, 0) is 0 Å². The maximum Gasteiger partial charge on any atom is 0.345 e. The Labute approximate surface area is 171 Å². The van der Waals surface area contributed by atoms with Gasteiger partial charge in [0.25, 0.3) is 5.91 Å². The van der Waals surface area contributed by atoms with E-state index < -0.39 is 5.97 Å². The van der Waals surface area contributed by atoms with Crippen molar-refractivity contribution in [1.82, 2.24) is 5.43 Å². The second kappa shape index (κ2) is 9.17. The molecule has 0 aromatic heterocycles. The minimum Gasteiger partial charge on any atom is -0.423 e. The molecule has 0 heterocycles. The van der Waals surface area contributed by atoms with Crippen molar-refractivity contribution < 1.29 is 14.3 Å². The minimum absolute atomic E-state index is 0.218. The van der Waals surface area contributed by atoms with Crippen molar-refractivity contribution in [3.05, 3.63) is 99.5 Å². The molecular weight excluding hydrogens is 399 g/mol. The number of rotatable bonds is 5. The zero-order valence-corrected chi connectivity index (χ0v) is 15.9. The van der Waals surface area contributed by atoms with Crippen LogP contribution in [0.1, 0.15) is 26.3 Å². The van der Waals surface area contributed by atoms with Gasteiger partial charge >= 0.3 is 5.97 Å². The Bertz CT molecular complexity index is 1020. The highest BCUT2D eigenvalue weighted by Gasteiger charge is 2.13. The lowest BCUT2D eigenvalue weighted by atomic mass is 10.2. The van der Waals surface area contributed by atoms with Crippen LogP contribution in [0.4, 0.5) is 0 Å². The number of amides is 1. The molecule has 0 fully saturated rings. The van der Waals surface area contributed by atoms with E-state index in [9.17, 15) is 9.59 Å². The lowest BCUT2D eigenvalue weighted by molar-refractivity contribution is 0.0734. The first-order chi connectivity index (χ1) is 13.5. The fourth-order valence-electron chi connectivity index (χ4n) is 2.26. The van der Waals surface area contributed by atoms with Gasteiger partial charge in [0.2, 0.25) is 0 Å². The highest BCUT2D eigenvalue weighted by Crippen LogP contribution is 2.22. The largest absolute Gasteiger partial charge is 0.423 e. The van der Waals surface area contributed by atoms with Crippen LogP contribution in [0.5, 0.6) is 5.75 Å². The topological polar surface area (TPSA) is 67.8 Å². The van der Waals surface area contributed by atoms with Gasteiger partial charge in [0.1, 0.15) is 5.75 Å². The number of ether oxygens (including phenoxy) is 1. The van der Waals surface area contributed by atoms with Gasteiger partial charge in [-0.3, -0.25) is 4.79 Å². The van der Waals surface area contributed by atoms with Crippen LogP contribution in [0.3, 0.4) is 0 Å². The molecule has 0 aliphatic carbocycles. The fourth-order valence-corrected chi connectivity index (χ4v) is 2.74. The normalized spacial score (nSPS) is 10.6. The quantitative estimate of drug-likeness (QED) is 0.278. The van der Waals surface area contributed by atoms with Crippen LogP contribution in [0, 0.1) is 0 Å². The Morgan fingerprint density at radius 1 is 0.929 bits per heavy atom. The third kappa shape index (κ3) is 5.19. The Morgan fingerprint density at radius 3 is 2.32 bits per heavy atom. The molecule has 3 aromatic carbocycles. The van der Waals surface area contributed by atoms with E-state index in [0.29, 0.717) is 16.3 Å². The predicted molar refractivity (Wildman–Crippen MR) is 109 cm³/mol. The summed E-state index contributed by atoms with van der Waals surface area (Å²) in [5.41, 5.74) is 3.91. The van der Waals surface area contributed by atoms with Crippen molar-refractivity contribution in [2.24, 2.45) is 5.10 Å². The molecule has 0 saturated heterocycles. The molecular formula is C21H14Cl2N2O3. The standard InChI is InChI=1S/C21H14Cl2N2O3/c22-16-8-11-18(19(23)12-16)21(27)28-17-9-6-14(7-10-17)13-24-25-20(26)15-4-2-1-3-5-15/h1-13H,(H,25,26). The summed E-state index contributed by atoms with van der Waals surface area (Å²) < 4.78 is 5.30. The van der Waals surface area contributed by atoms with E-state index in [-0.39, 0.29) is 16.5 Å². The number of carbonyl (C=O) groups excluding carboxylic acids is 2. The molecule has 5 nitrogen and oxygen atoms in total. The Hall–Kier alpha value is -3.15. The van der Waals surface area contributed by atoms with E-state index in [1.807, 2.05) is 6.07 Å². The third-order valence-electron chi connectivity index (χ3n) is 3.66. The van der Waals surface area contributed by atoms with Gasteiger partial charge in [-0.2, -0.15) is 5.10 Å². The summed E-state index contributed by atoms with van der Waals surface area (Å²) >= 11 is 11.8. The first kappa shape index (κ1) is 19.6. The van der Waals surface area contributed by atoms with E-state index >= 15 is 0 Å². The Balaban J connectivity index is 1.59. The number of carbonyl (C=O) groups is 2. The highest BCUT2D eigenvalue weighted by atomic mass is 35.5. The maximum atomic E-state index is 12.2. The minimum atomic E-state index is -0.585. The third-order valence-corrected chi connectivity index (χ3v) is 4.21. The molecule has 7 heteroatoms. The zero-order chi connectivity index (χ0) is 19.9. The number of halogens is 2. The molecule has 1 amide bonds. The van der Waals surface area contributed by atoms with E-state index in [2.05, 4.69) is 10.5 Å². The lowest BCUT2D eigenvalue weighted by Gasteiger charge is -2.06. The molecule has 0 bridgehead atoms. The number of hydrogen-bond donors (Lipinski definition) is 1. The summed E-state index contributed by atoms with van der Waals surface area (Å²) in [5, 5.41) is 4.57. The van der Waals surface area contributed by atoms with Crippen molar-refractivity contribution >= 4 is 41.3 Å². The van der Waals surface area contributed by atoms with E-state index in [0.717, 1.165) is 5.56 Å². The second-order valence-electron chi connectivity index (χ2n) is 5.65. The van der Waals surface area contributed by atoms with Crippen LogP contribution in [0.25, 0.3) is 0 Å². The number of nitrogens with zero attached hydrogens (tertiary/aromatic N) is 1. The van der Waals surface area contributed by atoms with Gasteiger partial charge in [-0.15, -0.1) is 0 Å². The molecule has 0 unspecified atom stereocenters. The molecule has 0 radical (unpaired) electrons. The van der Waals surface area contributed by atoms with Gasteiger partial charge in [0, 0.05) is 10.6 Å². The first-order valence-corrected chi connectivity index (χ1v) is 8.94. The summed E-state index contributed by atoms with van der Waals surface area (Å²) in [5.74, 6) is -0.540. The molecule has 0 aliphatic rings. The lowest BCUT2D eigenvalue weighted by Crippen LogP contribution is -2.17. The zero-order valence-electron chi connectivity index (χ0n) is 14.4. The van der Waals surface area contributed by atoms with Crippen LogP contribution in [0.2, 0.25) is 10.0 Å². The number of esters is 1. The van der Waals surface area contributed by atoms with Crippen molar-refractivity contribution in [3.63, 3.8) is 0 Å². The van der Waals surface area contributed by atoms with Crippen molar-refractivity contribution in [3.8, 4) is 5.75 Å². The monoisotopic (exact) mass is 412 g/mol. The molecule has 28 heavy (non-hydrogen) atoms. The van der Waals surface area contributed by atoms with Crippen molar-refractivity contribution in [1.29, 1.82) is 0 Å². The van der Waals surface area contributed by atoms with E-state index in [1.165, 1.54) is 18.3 Å². The molecule has 0 spiro atoms. The van der Waals surface area contributed by atoms with Gasteiger partial charge < -0.3 is 4.74 Å². The van der Waals surface area contributed by atoms with Crippen LogP contribution >= 0.6 is 23.2 Å². The molecule has 0 aliphatic heterocycles. The molecule has 3 aromatic rings. The van der Waals surface area contributed by atoms with Gasteiger partial charge in [0.05, 0.1) is 16.8 Å². The Kier molecular flexibility index (Phi) is 6.42. The van der Waals surface area contributed by atoms with Crippen LogP contribution < -0.4 is 10.2 Å². The van der Waals surface area contributed by atoms with Crippen molar-refractivity contribution in [2.75, 3.05) is 0 Å². The fraction of sp³-hybridized carbons (Fsp3) is 0. The maximum absolute atomic E-state index is 12.2. The van der Waals surface area contributed by atoms with Gasteiger partial charge in [-0.1, -0.05) is 41.4 Å². The number of benzene rings is 3. The SMILES string of the molecule is O=C(NN=Cc1ccc(OC(=O)c2ccc(Cl)cc2Cl)cc1)c1ccccc1. The Morgan fingerprint density at radius 2 is 1.64 bits per heavy atom. The number of hydrogen-bond acceptors (Lipinski definition) is 4. The molecule has 0 saturated carbocycles. The first-order valence-electron chi connectivity index (χ1n) is 8.19. The molecule has 0 atom stereocenters. The van der Waals surface area contributed by atoms with E-state index in [4.69, 9.17) is 27.9 Å². The van der Waals surface area contributed by atoms with Crippen LogP contribution in [-0.4, -0.2) is 18.1 Å². The average Bonchev–Trinajstić information content (AvgIpc) is 2.69. The number of hydrazone groups is 1. The van der Waals surface area contributed by atoms with Gasteiger partial charge in [0.15, 0.2) is 0 Å². The van der Waals surface area contributed by atoms with Crippen LogP contribution in [0.15, 0.2) is 77.9 Å².